The van der Waals surface area contributed by atoms with E-state index in [9.17, 15) is 10.4 Å². The number of hydrogen-bond donors (Lipinski definition) is 1. The molecule has 1 aliphatic rings. The van der Waals surface area contributed by atoms with E-state index in [0.29, 0.717) is 23.6 Å². The lowest BCUT2D eigenvalue weighted by atomic mass is 9.76. The summed E-state index contributed by atoms with van der Waals surface area (Å²) in [4.78, 5) is 0. The Morgan fingerprint density at radius 2 is 2.35 bits per heavy atom. The molecule has 2 rings (SSSR count). The molecule has 0 spiro atoms. The van der Waals surface area contributed by atoms with Crippen LogP contribution in [0.5, 0.6) is 0 Å². The number of aliphatic hydroxyl groups is 1. The van der Waals surface area contributed by atoms with Gasteiger partial charge >= 0.3 is 0 Å². The van der Waals surface area contributed by atoms with Crippen LogP contribution in [0.4, 0.5) is 0 Å². The lowest BCUT2D eigenvalue weighted by Gasteiger charge is -2.34. The fourth-order valence-corrected chi connectivity index (χ4v) is 2.38. The minimum absolute atomic E-state index is 0.275. The average Bonchev–Trinajstić information content (AvgIpc) is 2.38. The van der Waals surface area contributed by atoms with E-state index in [0.717, 1.165) is 6.42 Å². The first-order valence-corrected chi connectivity index (χ1v) is 5.98. The van der Waals surface area contributed by atoms with E-state index in [1.165, 1.54) is 0 Å². The molecule has 17 heavy (non-hydrogen) atoms. The molecule has 1 heterocycles. The molecule has 0 bridgehead atoms. The third kappa shape index (κ3) is 2.44. The van der Waals surface area contributed by atoms with Gasteiger partial charge in [0.15, 0.2) is 0 Å². The van der Waals surface area contributed by atoms with Gasteiger partial charge in [-0.1, -0.05) is 23.7 Å². The average molecular weight is 252 g/mol. The predicted molar refractivity (Wildman–Crippen MR) is 64.5 cm³/mol. The van der Waals surface area contributed by atoms with Crippen molar-refractivity contribution in [2.45, 2.75) is 18.9 Å². The van der Waals surface area contributed by atoms with Crippen molar-refractivity contribution in [2.24, 2.45) is 5.41 Å². The van der Waals surface area contributed by atoms with E-state index in [1.807, 2.05) is 0 Å². The lowest BCUT2D eigenvalue weighted by molar-refractivity contribution is -0.0505. The van der Waals surface area contributed by atoms with Gasteiger partial charge < -0.3 is 9.84 Å². The first-order chi connectivity index (χ1) is 8.18. The number of nitriles is 1. The van der Waals surface area contributed by atoms with Crippen molar-refractivity contribution in [3.05, 3.63) is 34.9 Å². The SMILES string of the molecule is N#CC1(C(O)c2cccc(Cl)c2)CCCOC1. The summed E-state index contributed by atoms with van der Waals surface area (Å²) in [5, 5.41) is 20.2. The smallest absolute Gasteiger partial charge is 0.111 e. The minimum atomic E-state index is -0.855. The van der Waals surface area contributed by atoms with Crippen molar-refractivity contribution in [3.8, 4) is 6.07 Å². The number of nitrogens with zero attached hydrogens (tertiary/aromatic N) is 1. The van der Waals surface area contributed by atoms with Crippen LogP contribution in [0.2, 0.25) is 5.02 Å². The zero-order valence-electron chi connectivity index (χ0n) is 9.40. The third-order valence-corrected chi connectivity index (χ3v) is 3.42. The molecule has 3 nitrogen and oxygen atoms in total. The van der Waals surface area contributed by atoms with E-state index in [2.05, 4.69) is 6.07 Å². The van der Waals surface area contributed by atoms with Gasteiger partial charge in [0.25, 0.3) is 0 Å². The van der Waals surface area contributed by atoms with Crippen molar-refractivity contribution in [1.82, 2.24) is 0 Å². The molecular formula is C13H14ClNO2. The van der Waals surface area contributed by atoms with Gasteiger partial charge in [-0.2, -0.15) is 5.26 Å². The van der Waals surface area contributed by atoms with E-state index in [-0.39, 0.29) is 6.61 Å². The van der Waals surface area contributed by atoms with Gasteiger partial charge in [0, 0.05) is 11.6 Å². The maximum atomic E-state index is 10.4. The van der Waals surface area contributed by atoms with Crippen LogP contribution in [0, 0.1) is 16.7 Å². The number of benzene rings is 1. The molecule has 1 aromatic carbocycles. The Labute approximate surface area is 106 Å². The van der Waals surface area contributed by atoms with Crippen molar-refractivity contribution in [2.75, 3.05) is 13.2 Å². The number of rotatable bonds is 2. The Balaban J connectivity index is 2.29. The summed E-state index contributed by atoms with van der Waals surface area (Å²) in [6, 6.07) is 9.21. The number of hydrogen-bond acceptors (Lipinski definition) is 3. The summed E-state index contributed by atoms with van der Waals surface area (Å²) in [6.07, 6.45) is 0.592. The summed E-state index contributed by atoms with van der Waals surface area (Å²) in [5.41, 5.74) is -0.173. The Kier molecular flexibility index (Phi) is 3.68. The molecule has 1 saturated heterocycles. The molecule has 0 aromatic heterocycles. The second-order valence-corrected chi connectivity index (χ2v) is 4.82. The maximum absolute atomic E-state index is 10.4. The van der Waals surface area contributed by atoms with Crippen LogP contribution in [0.3, 0.4) is 0 Å². The minimum Gasteiger partial charge on any atom is -0.387 e. The highest BCUT2D eigenvalue weighted by Gasteiger charge is 2.41. The highest BCUT2D eigenvalue weighted by atomic mass is 35.5. The second kappa shape index (κ2) is 5.05. The molecule has 2 unspecified atom stereocenters. The molecule has 0 saturated carbocycles. The van der Waals surface area contributed by atoms with E-state index in [4.69, 9.17) is 16.3 Å². The summed E-state index contributed by atoms with van der Waals surface area (Å²) >= 11 is 5.89. The molecule has 90 valence electrons. The van der Waals surface area contributed by atoms with Gasteiger partial charge in [-0.15, -0.1) is 0 Å². The van der Waals surface area contributed by atoms with Crippen molar-refractivity contribution in [1.29, 1.82) is 5.26 Å². The summed E-state index contributed by atoms with van der Waals surface area (Å²) < 4.78 is 5.33. The largest absolute Gasteiger partial charge is 0.387 e. The van der Waals surface area contributed by atoms with Gasteiger partial charge in [0.05, 0.1) is 18.8 Å². The first-order valence-electron chi connectivity index (χ1n) is 5.60. The van der Waals surface area contributed by atoms with Gasteiger partial charge in [-0.3, -0.25) is 0 Å². The van der Waals surface area contributed by atoms with Gasteiger partial charge in [-0.25, -0.2) is 0 Å². The standard InChI is InChI=1S/C13H14ClNO2/c14-11-4-1-3-10(7-11)12(16)13(8-15)5-2-6-17-9-13/h1,3-4,7,12,16H,2,5-6,9H2. The van der Waals surface area contributed by atoms with E-state index in [1.54, 1.807) is 24.3 Å². The Hall–Kier alpha value is -1.08. The van der Waals surface area contributed by atoms with Crippen LogP contribution < -0.4 is 0 Å². The topological polar surface area (TPSA) is 53.2 Å². The molecule has 4 heteroatoms. The molecule has 1 fully saturated rings. The molecule has 1 aromatic rings. The third-order valence-electron chi connectivity index (χ3n) is 3.18. The predicted octanol–water partition coefficient (Wildman–Crippen LogP) is 2.69. The first kappa shape index (κ1) is 12.4. The second-order valence-electron chi connectivity index (χ2n) is 4.38. The van der Waals surface area contributed by atoms with E-state index >= 15 is 0 Å². The Morgan fingerprint density at radius 1 is 1.53 bits per heavy atom. The van der Waals surface area contributed by atoms with Crippen LogP contribution >= 0.6 is 11.6 Å². The van der Waals surface area contributed by atoms with Crippen LogP contribution in [-0.4, -0.2) is 18.3 Å². The molecule has 0 radical (unpaired) electrons. The molecule has 0 aliphatic carbocycles. The highest BCUT2D eigenvalue weighted by molar-refractivity contribution is 6.30. The van der Waals surface area contributed by atoms with Crippen LogP contribution in [-0.2, 0) is 4.74 Å². The Bertz CT molecular complexity index is 435. The molecular weight excluding hydrogens is 238 g/mol. The zero-order valence-corrected chi connectivity index (χ0v) is 10.2. The fourth-order valence-electron chi connectivity index (χ4n) is 2.18. The summed E-state index contributed by atoms with van der Waals surface area (Å²) in [7, 11) is 0. The van der Waals surface area contributed by atoms with Crippen LogP contribution in [0.15, 0.2) is 24.3 Å². The van der Waals surface area contributed by atoms with Gasteiger partial charge in [-0.05, 0) is 30.5 Å². The quantitative estimate of drug-likeness (QED) is 0.879. The number of aliphatic hydroxyl groups excluding tert-OH is 1. The monoisotopic (exact) mass is 251 g/mol. The Morgan fingerprint density at radius 3 is 2.94 bits per heavy atom. The van der Waals surface area contributed by atoms with Crippen LogP contribution in [0.25, 0.3) is 0 Å². The summed E-state index contributed by atoms with van der Waals surface area (Å²) in [5.74, 6) is 0. The van der Waals surface area contributed by atoms with Crippen molar-refractivity contribution < 1.29 is 9.84 Å². The van der Waals surface area contributed by atoms with Gasteiger partial charge in [0.2, 0.25) is 0 Å². The lowest BCUT2D eigenvalue weighted by Crippen LogP contribution is -2.36. The molecule has 0 amide bonds. The van der Waals surface area contributed by atoms with Crippen molar-refractivity contribution >= 4 is 11.6 Å². The van der Waals surface area contributed by atoms with Crippen molar-refractivity contribution in [3.63, 3.8) is 0 Å². The molecule has 1 N–H and O–H groups in total. The molecule has 1 aliphatic heterocycles. The zero-order chi connectivity index (χ0) is 12.3. The number of halogens is 1. The maximum Gasteiger partial charge on any atom is 0.111 e. The van der Waals surface area contributed by atoms with Gasteiger partial charge in [0.1, 0.15) is 5.41 Å². The highest BCUT2D eigenvalue weighted by Crippen LogP contribution is 2.40. The molecule has 2 atom stereocenters. The van der Waals surface area contributed by atoms with Crippen LogP contribution in [0.1, 0.15) is 24.5 Å². The fraction of sp³-hybridized carbons (Fsp3) is 0.462. The normalized spacial score (nSPS) is 26.2. The number of ether oxygens (including phenoxy) is 1. The van der Waals surface area contributed by atoms with E-state index < -0.39 is 11.5 Å². The summed E-state index contributed by atoms with van der Waals surface area (Å²) in [6.45, 7) is 0.933.